The molecule has 0 saturated heterocycles. The van der Waals surface area contributed by atoms with Crippen LogP contribution in [-0.2, 0) is 4.57 Å². The van der Waals surface area contributed by atoms with Crippen LogP contribution < -0.4 is 0 Å². The normalized spacial score (nSPS) is 13.7. The van der Waals surface area contributed by atoms with E-state index in [0.717, 1.165) is 12.6 Å². The van der Waals surface area contributed by atoms with Crippen LogP contribution >= 0.6 is 7.80 Å². The van der Waals surface area contributed by atoms with Crippen LogP contribution in [0.4, 0.5) is 0 Å². The summed E-state index contributed by atoms with van der Waals surface area (Å²) >= 11 is 0. The van der Waals surface area contributed by atoms with Gasteiger partial charge < -0.3 is 5.11 Å². The summed E-state index contributed by atoms with van der Waals surface area (Å²) in [6.07, 6.45) is 12.6. The lowest BCUT2D eigenvalue weighted by atomic mass is 10.1. The van der Waals surface area contributed by atoms with Gasteiger partial charge in [0.1, 0.15) is 6.16 Å². The van der Waals surface area contributed by atoms with E-state index in [1.54, 1.807) is 6.92 Å². The van der Waals surface area contributed by atoms with Gasteiger partial charge in [-0.1, -0.05) is 56.4 Å². The smallest absolute Gasteiger partial charge is 0.341 e. The molecule has 1 N–H and O–H groups in total. The highest BCUT2D eigenvalue weighted by molar-refractivity contribution is 7.44. The predicted octanol–water partition coefficient (Wildman–Crippen LogP) is 4.73. The molecule has 0 bridgehead atoms. The van der Waals surface area contributed by atoms with E-state index in [1.165, 1.54) is 51.4 Å². The van der Waals surface area contributed by atoms with E-state index in [1.807, 2.05) is 0 Å². The molecule has 0 fully saturated rings. The number of unbranched alkanes of at least 4 members (excludes halogenated alkanes) is 8. The van der Waals surface area contributed by atoms with Gasteiger partial charge in [-0.3, -0.25) is 0 Å². The predicted molar refractivity (Wildman–Crippen MR) is 76.2 cm³/mol. The fraction of sp³-hybridized carbons (Fsp3) is 1.00. The monoisotopic (exact) mass is 261 g/mol. The minimum absolute atomic E-state index is 0.405. The SMILES string of the molecule is CCCCCCCCCCC[P+](=O)CC(C)O. The number of hydrogen-bond acceptors (Lipinski definition) is 2. The first-order valence-electron chi connectivity index (χ1n) is 7.27. The standard InChI is InChI=1S/C14H30O2P/c1-3-4-5-6-7-8-9-10-11-12-17(16)13-14(2)15/h14-15H,3-13H2,1-2H3/q+1. The average molecular weight is 261 g/mol. The van der Waals surface area contributed by atoms with Crippen LogP contribution in [0.1, 0.15) is 71.6 Å². The minimum atomic E-state index is -1.15. The fourth-order valence-electron chi connectivity index (χ4n) is 1.98. The van der Waals surface area contributed by atoms with Gasteiger partial charge in [0.05, 0.1) is 6.10 Å². The van der Waals surface area contributed by atoms with Gasteiger partial charge in [0, 0.05) is 0 Å². The average Bonchev–Trinajstić information content (AvgIpc) is 2.26. The first-order chi connectivity index (χ1) is 8.16. The first kappa shape index (κ1) is 17.1. The Morgan fingerprint density at radius 2 is 1.41 bits per heavy atom. The molecule has 0 aliphatic carbocycles. The summed E-state index contributed by atoms with van der Waals surface area (Å²) in [6.45, 7) is 3.96. The molecule has 0 amide bonds. The van der Waals surface area contributed by atoms with Gasteiger partial charge >= 0.3 is 7.80 Å². The molecule has 0 heterocycles. The van der Waals surface area contributed by atoms with E-state index in [0.29, 0.717) is 6.16 Å². The molecule has 0 spiro atoms. The lowest BCUT2D eigenvalue weighted by Gasteiger charge is -2.00. The summed E-state index contributed by atoms with van der Waals surface area (Å²) < 4.78 is 11.4. The number of hydrogen-bond donors (Lipinski definition) is 1. The highest BCUT2D eigenvalue weighted by Gasteiger charge is 2.16. The van der Waals surface area contributed by atoms with Gasteiger partial charge in [0.2, 0.25) is 0 Å². The zero-order valence-corrected chi connectivity index (χ0v) is 12.6. The Hall–Kier alpha value is 0.0600. The maximum Gasteiger partial charge on any atom is 0.341 e. The second-order valence-corrected chi connectivity index (χ2v) is 6.84. The van der Waals surface area contributed by atoms with Gasteiger partial charge in [0.15, 0.2) is 6.16 Å². The molecule has 2 nitrogen and oxygen atoms in total. The highest BCUT2D eigenvalue weighted by atomic mass is 31.1. The zero-order chi connectivity index (χ0) is 12.9. The Balaban J connectivity index is 3.10. The summed E-state index contributed by atoms with van der Waals surface area (Å²) in [5.41, 5.74) is 0. The maximum atomic E-state index is 11.4. The van der Waals surface area contributed by atoms with Crippen molar-refractivity contribution in [1.29, 1.82) is 0 Å². The van der Waals surface area contributed by atoms with Crippen molar-refractivity contribution in [2.75, 3.05) is 12.3 Å². The van der Waals surface area contributed by atoms with Crippen LogP contribution in [0, 0.1) is 0 Å². The molecule has 0 aliphatic heterocycles. The van der Waals surface area contributed by atoms with Crippen molar-refractivity contribution in [3.05, 3.63) is 0 Å². The van der Waals surface area contributed by atoms with Crippen LogP contribution in [-0.4, -0.2) is 23.5 Å². The van der Waals surface area contributed by atoms with E-state index in [4.69, 9.17) is 5.11 Å². The third-order valence-corrected chi connectivity index (χ3v) is 4.73. The van der Waals surface area contributed by atoms with Crippen molar-refractivity contribution in [1.82, 2.24) is 0 Å². The first-order valence-corrected chi connectivity index (χ1v) is 8.90. The van der Waals surface area contributed by atoms with E-state index >= 15 is 0 Å². The van der Waals surface area contributed by atoms with Crippen LogP contribution in [0.15, 0.2) is 0 Å². The van der Waals surface area contributed by atoms with Crippen molar-refractivity contribution in [2.45, 2.75) is 77.7 Å². The number of aliphatic hydroxyl groups excluding tert-OH is 1. The molecular formula is C14H30O2P+. The third-order valence-electron chi connectivity index (χ3n) is 2.98. The summed E-state index contributed by atoms with van der Waals surface area (Å²) in [5.74, 6) is 0. The van der Waals surface area contributed by atoms with Crippen molar-refractivity contribution < 1.29 is 9.67 Å². The molecule has 0 aromatic rings. The summed E-state index contributed by atoms with van der Waals surface area (Å²) in [5, 5.41) is 9.08. The largest absolute Gasteiger partial charge is 0.389 e. The lowest BCUT2D eigenvalue weighted by molar-refractivity contribution is 0.218. The molecule has 3 heteroatoms. The minimum Gasteiger partial charge on any atom is -0.389 e. The Morgan fingerprint density at radius 3 is 1.88 bits per heavy atom. The second kappa shape index (κ2) is 12.5. The van der Waals surface area contributed by atoms with Crippen LogP contribution in [0.3, 0.4) is 0 Å². The molecule has 2 unspecified atom stereocenters. The van der Waals surface area contributed by atoms with Gasteiger partial charge in [-0.2, -0.15) is 0 Å². The molecule has 2 atom stereocenters. The van der Waals surface area contributed by atoms with E-state index in [9.17, 15) is 4.57 Å². The van der Waals surface area contributed by atoms with Gasteiger partial charge in [-0.25, -0.2) is 0 Å². The summed E-state index contributed by atoms with van der Waals surface area (Å²) in [7, 11) is -1.15. The zero-order valence-electron chi connectivity index (χ0n) is 11.7. The molecule has 0 radical (unpaired) electrons. The molecule has 0 aliphatic rings. The summed E-state index contributed by atoms with van der Waals surface area (Å²) in [4.78, 5) is 0. The third kappa shape index (κ3) is 14.0. The Labute approximate surface area is 108 Å². The molecule has 0 aromatic carbocycles. The van der Waals surface area contributed by atoms with E-state index in [2.05, 4.69) is 6.92 Å². The quantitative estimate of drug-likeness (QED) is 0.407. The Kier molecular flexibility index (Phi) is 12.6. The summed E-state index contributed by atoms with van der Waals surface area (Å²) in [6, 6.07) is 0. The van der Waals surface area contributed by atoms with Crippen molar-refractivity contribution in [3.63, 3.8) is 0 Å². The fourth-order valence-corrected chi connectivity index (χ4v) is 3.33. The number of rotatable bonds is 12. The van der Waals surface area contributed by atoms with Crippen LogP contribution in [0.25, 0.3) is 0 Å². The Morgan fingerprint density at radius 1 is 0.941 bits per heavy atom. The molecular weight excluding hydrogens is 231 g/mol. The molecule has 0 rings (SSSR count). The van der Waals surface area contributed by atoms with Crippen LogP contribution in [0.5, 0.6) is 0 Å². The lowest BCUT2D eigenvalue weighted by Crippen LogP contribution is -2.03. The molecule has 17 heavy (non-hydrogen) atoms. The molecule has 102 valence electrons. The molecule has 0 aromatic heterocycles. The van der Waals surface area contributed by atoms with Gasteiger partial charge in [-0.15, -0.1) is 0 Å². The number of aliphatic hydroxyl groups is 1. The van der Waals surface area contributed by atoms with Crippen LogP contribution in [0.2, 0.25) is 0 Å². The van der Waals surface area contributed by atoms with Crippen molar-refractivity contribution >= 4 is 7.80 Å². The maximum absolute atomic E-state index is 11.4. The Bertz CT molecular complexity index is 181. The van der Waals surface area contributed by atoms with Gasteiger partial charge in [0.25, 0.3) is 0 Å². The second-order valence-electron chi connectivity index (χ2n) is 5.07. The topological polar surface area (TPSA) is 37.3 Å². The highest BCUT2D eigenvalue weighted by Crippen LogP contribution is 2.23. The van der Waals surface area contributed by atoms with Crippen molar-refractivity contribution in [2.24, 2.45) is 0 Å². The van der Waals surface area contributed by atoms with Gasteiger partial charge in [-0.05, 0) is 19.8 Å². The van der Waals surface area contributed by atoms with E-state index in [-0.39, 0.29) is 0 Å². The molecule has 0 saturated carbocycles. The van der Waals surface area contributed by atoms with E-state index < -0.39 is 13.9 Å². The van der Waals surface area contributed by atoms with Crippen molar-refractivity contribution in [3.8, 4) is 0 Å².